The number of carbonyl (C=O) groups is 1. The topological polar surface area (TPSA) is 38.3 Å². The van der Waals surface area contributed by atoms with E-state index >= 15 is 0 Å². The zero-order valence-corrected chi connectivity index (χ0v) is 13.9. The van der Waals surface area contributed by atoms with Gasteiger partial charge >= 0.3 is 0 Å². The summed E-state index contributed by atoms with van der Waals surface area (Å²) in [6.07, 6.45) is -0.615. The van der Waals surface area contributed by atoms with Gasteiger partial charge in [-0.25, -0.2) is 0 Å². The molecule has 0 saturated heterocycles. The summed E-state index contributed by atoms with van der Waals surface area (Å²) in [5, 5.41) is 2.92. The molecular formula is C17H18BrNO2. The molecule has 0 fully saturated rings. The van der Waals surface area contributed by atoms with Gasteiger partial charge in [0.25, 0.3) is 5.91 Å². The number of halogens is 1. The maximum Gasteiger partial charge on any atom is 0.258 e. The van der Waals surface area contributed by atoms with Crippen LogP contribution in [-0.2, 0) is 9.53 Å². The van der Waals surface area contributed by atoms with Gasteiger partial charge in [0.05, 0.1) is 0 Å². The Bertz CT molecular complexity index is 617. The minimum atomic E-state index is -0.615. The molecule has 3 nitrogen and oxygen atoms in total. The zero-order valence-electron chi connectivity index (χ0n) is 12.3. The molecular weight excluding hydrogens is 330 g/mol. The molecule has 0 saturated carbocycles. The van der Waals surface area contributed by atoms with Gasteiger partial charge in [0.1, 0.15) is 0 Å². The number of carbonyl (C=O) groups excluding carboxylic acids is 1. The fraction of sp³-hybridized carbons (Fsp3) is 0.235. The largest absolute Gasteiger partial charge is 0.367 e. The Labute approximate surface area is 133 Å². The van der Waals surface area contributed by atoms with Gasteiger partial charge < -0.3 is 10.1 Å². The predicted octanol–water partition coefficient (Wildman–Crippen LogP) is 4.39. The second-order valence-electron chi connectivity index (χ2n) is 4.94. The Morgan fingerprint density at radius 1 is 1.14 bits per heavy atom. The second kappa shape index (κ2) is 6.87. The zero-order chi connectivity index (χ0) is 15.4. The van der Waals surface area contributed by atoms with Gasteiger partial charge in [0, 0.05) is 17.3 Å². The second-order valence-corrected chi connectivity index (χ2v) is 5.73. The molecule has 0 aliphatic heterocycles. The van der Waals surface area contributed by atoms with Crippen molar-refractivity contribution in [1.29, 1.82) is 0 Å². The van der Waals surface area contributed by atoms with E-state index in [4.69, 9.17) is 4.74 Å². The first-order chi connectivity index (χ1) is 10.0. The highest BCUT2D eigenvalue weighted by atomic mass is 79.9. The summed E-state index contributed by atoms with van der Waals surface area (Å²) in [6.45, 7) is 4.00. The normalized spacial score (nSPS) is 12.0. The van der Waals surface area contributed by atoms with E-state index in [1.807, 2.05) is 56.3 Å². The van der Waals surface area contributed by atoms with E-state index in [0.717, 1.165) is 26.9 Å². The van der Waals surface area contributed by atoms with Gasteiger partial charge in [-0.1, -0.05) is 46.3 Å². The number of anilines is 1. The first-order valence-electron chi connectivity index (χ1n) is 6.68. The lowest BCUT2D eigenvalue weighted by atomic mass is 10.1. The van der Waals surface area contributed by atoms with Gasteiger partial charge in [0.2, 0.25) is 0 Å². The minimum absolute atomic E-state index is 0.176. The third kappa shape index (κ3) is 3.71. The predicted molar refractivity (Wildman–Crippen MR) is 88.4 cm³/mol. The fourth-order valence-electron chi connectivity index (χ4n) is 2.25. The van der Waals surface area contributed by atoms with Crippen molar-refractivity contribution in [3.63, 3.8) is 0 Å². The summed E-state index contributed by atoms with van der Waals surface area (Å²) >= 11 is 3.52. The molecule has 21 heavy (non-hydrogen) atoms. The molecule has 2 aromatic rings. The van der Waals surface area contributed by atoms with Gasteiger partial charge in [-0.2, -0.15) is 0 Å². The third-order valence-electron chi connectivity index (χ3n) is 3.28. The van der Waals surface area contributed by atoms with E-state index in [1.54, 1.807) is 0 Å². The Morgan fingerprint density at radius 3 is 2.24 bits per heavy atom. The SMILES string of the molecule is COC(C(=O)Nc1cc(C)c(Br)c(C)c1)c1ccccc1. The fourth-order valence-corrected chi connectivity index (χ4v) is 2.48. The van der Waals surface area contributed by atoms with Crippen LogP contribution in [0.4, 0.5) is 5.69 Å². The van der Waals surface area contributed by atoms with Crippen LogP contribution >= 0.6 is 15.9 Å². The summed E-state index contributed by atoms with van der Waals surface area (Å²) < 4.78 is 6.40. The van der Waals surface area contributed by atoms with Crippen molar-refractivity contribution in [2.75, 3.05) is 12.4 Å². The molecule has 2 aromatic carbocycles. The van der Waals surface area contributed by atoms with E-state index in [-0.39, 0.29) is 5.91 Å². The average molecular weight is 348 g/mol. The van der Waals surface area contributed by atoms with Crippen LogP contribution in [-0.4, -0.2) is 13.0 Å². The molecule has 0 bridgehead atoms. The van der Waals surface area contributed by atoms with Gasteiger partial charge in [-0.05, 0) is 42.7 Å². The molecule has 0 aliphatic carbocycles. The number of hydrogen-bond donors (Lipinski definition) is 1. The quantitative estimate of drug-likeness (QED) is 0.890. The number of rotatable bonds is 4. The van der Waals surface area contributed by atoms with Gasteiger partial charge in [-0.15, -0.1) is 0 Å². The smallest absolute Gasteiger partial charge is 0.258 e. The molecule has 1 amide bonds. The van der Waals surface area contributed by atoms with Gasteiger partial charge in [0.15, 0.2) is 6.10 Å². The Morgan fingerprint density at radius 2 is 1.71 bits per heavy atom. The van der Waals surface area contributed by atoms with Crippen molar-refractivity contribution in [3.05, 3.63) is 63.6 Å². The van der Waals surface area contributed by atoms with Crippen LogP contribution in [0.1, 0.15) is 22.8 Å². The van der Waals surface area contributed by atoms with Crippen LogP contribution in [0.2, 0.25) is 0 Å². The molecule has 0 aliphatic rings. The molecule has 1 unspecified atom stereocenters. The van der Waals surface area contributed by atoms with Crippen LogP contribution in [0.15, 0.2) is 46.9 Å². The highest BCUT2D eigenvalue weighted by Crippen LogP contribution is 2.26. The van der Waals surface area contributed by atoms with E-state index < -0.39 is 6.10 Å². The monoisotopic (exact) mass is 347 g/mol. The minimum Gasteiger partial charge on any atom is -0.367 e. The molecule has 2 rings (SSSR count). The maximum atomic E-state index is 12.4. The summed E-state index contributed by atoms with van der Waals surface area (Å²) in [5.41, 5.74) is 3.78. The number of aryl methyl sites for hydroxylation is 2. The molecule has 0 heterocycles. The van der Waals surface area contributed by atoms with Crippen molar-refractivity contribution >= 4 is 27.5 Å². The number of ether oxygens (including phenoxy) is 1. The van der Waals surface area contributed by atoms with Crippen LogP contribution in [0.5, 0.6) is 0 Å². The van der Waals surface area contributed by atoms with Crippen molar-refractivity contribution in [2.45, 2.75) is 20.0 Å². The first-order valence-corrected chi connectivity index (χ1v) is 7.47. The van der Waals surface area contributed by atoms with Crippen molar-refractivity contribution in [1.82, 2.24) is 0 Å². The molecule has 1 N–H and O–H groups in total. The van der Waals surface area contributed by atoms with Crippen LogP contribution in [0.25, 0.3) is 0 Å². The lowest BCUT2D eigenvalue weighted by Gasteiger charge is -2.16. The molecule has 0 radical (unpaired) electrons. The van der Waals surface area contributed by atoms with E-state index in [0.29, 0.717) is 0 Å². The Balaban J connectivity index is 2.21. The summed E-state index contributed by atoms with van der Waals surface area (Å²) in [5.74, 6) is -0.176. The highest BCUT2D eigenvalue weighted by Gasteiger charge is 2.20. The molecule has 110 valence electrons. The number of amides is 1. The van der Waals surface area contributed by atoms with Crippen molar-refractivity contribution in [3.8, 4) is 0 Å². The molecule has 0 spiro atoms. The van der Waals surface area contributed by atoms with Crippen LogP contribution in [0, 0.1) is 13.8 Å². The number of benzene rings is 2. The van der Waals surface area contributed by atoms with E-state index in [1.165, 1.54) is 7.11 Å². The lowest BCUT2D eigenvalue weighted by Crippen LogP contribution is -2.22. The van der Waals surface area contributed by atoms with Crippen molar-refractivity contribution in [2.24, 2.45) is 0 Å². The summed E-state index contributed by atoms with van der Waals surface area (Å²) in [4.78, 5) is 12.4. The highest BCUT2D eigenvalue weighted by molar-refractivity contribution is 9.10. The van der Waals surface area contributed by atoms with E-state index in [9.17, 15) is 4.79 Å². The molecule has 0 aromatic heterocycles. The number of nitrogens with one attached hydrogen (secondary N) is 1. The van der Waals surface area contributed by atoms with E-state index in [2.05, 4.69) is 21.2 Å². The Hall–Kier alpha value is -1.65. The average Bonchev–Trinajstić information content (AvgIpc) is 2.46. The van der Waals surface area contributed by atoms with Crippen LogP contribution < -0.4 is 5.32 Å². The van der Waals surface area contributed by atoms with Crippen LogP contribution in [0.3, 0.4) is 0 Å². The maximum absolute atomic E-state index is 12.4. The molecule has 1 atom stereocenters. The summed E-state index contributed by atoms with van der Waals surface area (Å²) in [6, 6.07) is 13.3. The summed E-state index contributed by atoms with van der Waals surface area (Å²) in [7, 11) is 1.54. The number of methoxy groups -OCH3 is 1. The Kier molecular flexibility index (Phi) is 5.15. The van der Waals surface area contributed by atoms with Gasteiger partial charge in [-0.3, -0.25) is 4.79 Å². The molecule has 4 heteroatoms. The van der Waals surface area contributed by atoms with Crippen molar-refractivity contribution < 1.29 is 9.53 Å². The first kappa shape index (κ1) is 15.7. The third-order valence-corrected chi connectivity index (χ3v) is 4.53. The standard InChI is InChI=1S/C17H18BrNO2/c1-11-9-14(10-12(2)15(11)18)19-17(20)16(21-3)13-7-5-4-6-8-13/h4-10,16H,1-3H3,(H,19,20). The number of hydrogen-bond acceptors (Lipinski definition) is 2. The lowest BCUT2D eigenvalue weighted by molar-refractivity contribution is -0.126.